The third-order valence-electron chi connectivity index (χ3n) is 2.31. The first-order chi connectivity index (χ1) is 8.78. The van der Waals surface area contributed by atoms with Gasteiger partial charge in [-0.2, -0.15) is 0 Å². The summed E-state index contributed by atoms with van der Waals surface area (Å²) in [5.74, 6) is -1.99. The number of pyridine rings is 1. The van der Waals surface area contributed by atoms with E-state index in [2.05, 4.69) is 9.72 Å². The van der Waals surface area contributed by atoms with Crippen molar-refractivity contribution in [3.63, 3.8) is 0 Å². The van der Waals surface area contributed by atoms with Gasteiger partial charge in [-0.1, -0.05) is 0 Å². The van der Waals surface area contributed by atoms with E-state index in [1.165, 1.54) is 0 Å². The zero-order valence-electron chi connectivity index (χ0n) is 9.12. The number of benzene rings is 1. The topological polar surface area (TPSA) is 79.4 Å². The van der Waals surface area contributed by atoms with Crippen molar-refractivity contribution in [3.05, 3.63) is 40.2 Å². The SMILES string of the molecule is O=C(O)c1ccc(OC(F)(F)F)c2[nH]c(=O)ccc12. The van der Waals surface area contributed by atoms with Crippen LogP contribution in [0.4, 0.5) is 13.2 Å². The number of fused-ring (bicyclic) bond motifs is 1. The number of halogens is 3. The molecule has 1 aromatic carbocycles. The molecule has 0 amide bonds. The molecular formula is C11H6F3NO4. The summed E-state index contributed by atoms with van der Waals surface area (Å²) < 4.78 is 40.3. The highest BCUT2D eigenvalue weighted by atomic mass is 19.4. The maximum atomic E-state index is 12.2. The lowest BCUT2D eigenvalue weighted by Gasteiger charge is -2.12. The molecule has 0 fully saturated rings. The van der Waals surface area contributed by atoms with Crippen molar-refractivity contribution in [2.45, 2.75) is 6.36 Å². The first kappa shape index (κ1) is 12.9. The van der Waals surface area contributed by atoms with Crippen molar-refractivity contribution in [2.24, 2.45) is 0 Å². The molecular weight excluding hydrogens is 267 g/mol. The molecule has 2 aromatic rings. The Balaban J connectivity index is 2.74. The molecule has 0 saturated carbocycles. The predicted molar refractivity (Wildman–Crippen MR) is 58.2 cm³/mol. The molecule has 0 radical (unpaired) electrons. The van der Waals surface area contributed by atoms with Gasteiger partial charge in [0.25, 0.3) is 0 Å². The Bertz CT molecular complexity index is 705. The van der Waals surface area contributed by atoms with Gasteiger partial charge in [0.15, 0.2) is 5.75 Å². The van der Waals surface area contributed by atoms with Gasteiger partial charge in [-0.15, -0.1) is 13.2 Å². The number of carboxylic acids is 1. The summed E-state index contributed by atoms with van der Waals surface area (Å²) in [5, 5.41) is 8.87. The molecule has 19 heavy (non-hydrogen) atoms. The Morgan fingerprint density at radius 1 is 1.21 bits per heavy atom. The minimum atomic E-state index is -4.94. The summed E-state index contributed by atoms with van der Waals surface area (Å²) >= 11 is 0. The molecule has 5 nitrogen and oxygen atoms in total. The average molecular weight is 273 g/mol. The van der Waals surface area contributed by atoms with Crippen LogP contribution >= 0.6 is 0 Å². The van der Waals surface area contributed by atoms with Gasteiger partial charge in [0, 0.05) is 11.5 Å². The summed E-state index contributed by atoms with van der Waals surface area (Å²) in [5.41, 5.74) is -1.22. The second-order valence-electron chi connectivity index (χ2n) is 3.58. The summed E-state index contributed by atoms with van der Waals surface area (Å²) in [6, 6.07) is 3.96. The number of hydrogen-bond acceptors (Lipinski definition) is 3. The molecule has 0 unspecified atom stereocenters. The van der Waals surface area contributed by atoms with Gasteiger partial charge in [0.1, 0.15) is 0 Å². The van der Waals surface area contributed by atoms with Crippen LogP contribution in [0.5, 0.6) is 5.75 Å². The number of rotatable bonds is 2. The van der Waals surface area contributed by atoms with Crippen LogP contribution in [0.3, 0.4) is 0 Å². The minimum absolute atomic E-state index is 0.0474. The molecule has 0 spiro atoms. The van der Waals surface area contributed by atoms with Gasteiger partial charge in [-0.05, 0) is 18.2 Å². The van der Waals surface area contributed by atoms with Gasteiger partial charge in [-0.25, -0.2) is 4.79 Å². The van der Waals surface area contributed by atoms with Crippen LogP contribution in [0.25, 0.3) is 10.9 Å². The highest BCUT2D eigenvalue weighted by Crippen LogP contribution is 2.30. The van der Waals surface area contributed by atoms with Crippen LogP contribution < -0.4 is 10.3 Å². The van der Waals surface area contributed by atoms with Crippen LogP contribution in [0, 0.1) is 0 Å². The van der Waals surface area contributed by atoms with E-state index >= 15 is 0 Å². The Hall–Kier alpha value is -2.51. The fourth-order valence-corrected chi connectivity index (χ4v) is 1.62. The summed E-state index contributed by atoms with van der Waals surface area (Å²) in [4.78, 5) is 24.2. The molecule has 0 bridgehead atoms. The lowest BCUT2D eigenvalue weighted by Crippen LogP contribution is -2.18. The van der Waals surface area contributed by atoms with Crippen LogP contribution in [-0.4, -0.2) is 22.4 Å². The molecule has 8 heteroatoms. The Kier molecular flexibility index (Phi) is 2.93. The number of hydrogen-bond donors (Lipinski definition) is 2. The van der Waals surface area contributed by atoms with E-state index in [0.29, 0.717) is 0 Å². The number of carbonyl (C=O) groups is 1. The van der Waals surface area contributed by atoms with Gasteiger partial charge < -0.3 is 14.8 Å². The van der Waals surface area contributed by atoms with Gasteiger partial charge in [-0.3, -0.25) is 4.79 Å². The van der Waals surface area contributed by atoms with Crippen LogP contribution in [-0.2, 0) is 0 Å². The molecule has 0 aliphatic rings. The van der Waals surface area contributed by atoms with Crippen molar-refractivity contribution in [2.75, 3.05) is 0 Å². The summed E-state index contributed by atoms with van der Waals surface area (Å²) in [6.07, 6.45) is -4.94. The van der Waals surface area contributed by atoms with E-state index < -0.39 is 23.6 Å². The number of ether oxygens (including phenoxy) is 1. The molecule has 0 atom stereocenters. The molecule has 0 aliphatic carbocycles. The highest BCUT2D eigenvalue weighted by Gasteiger charge is 2.32. The van der Waals surface area contributed by atoms with Crippen molar-refractivity contribution in [1.29, 1.82) is 0 Å². The molecule has 2 N–H and O–H groups in total. The van der Waals surface area contributed by atoms with Crippen LogP contribution in [0.1, 0.15) is 10.4 Å². The van der Waals surface area contributed by atoms with Crippen LogP contribution in [0.2, 0.25) is 0 Å². The van der Waals surface area contributed by atoms with Crippen molar-refractivity contribution in [1.82, 2.24) is 4.98 Å². The fraction of sp³-hybridized carbons (Fsp3) is 0.0909. The monoisotopic (exact) mass is 273 g/mol. The van der Waals surface area contributed by atoms with Gasteiger partial charge in [0.2, 0.25) is 5.56 Å². The fourth-order valence-electron chi connectivity index (χ4n) is 1.62. The number of aromatic nitrogens is 1. The van der Waals surface area contributed by atoms with E-state index in [4.69, 9.17) is 5.11 Å². The standard InChI is InChI=1S/C11H6F3NO4/c12-11(13,14)19-7-3-1-6(10(17)18)5-2-4-8(16)15-9(5)7/h1-4H,(H,15,16)(H,17,18). The normalized spacial score (nSPS) is 11.5. The second-order valence-corrected chi connectivity index (χ2v) is 3.58. The lowest BCUT2D eigenvalue weighted by molar-refractivity contribution is -0.274. The van der Waals surface area contributed by atoms with Crippen molar-refractivity contribution >= 4 is 16.9 Å². The van der Waals surface area contributed by atoms with E-state index in [9.17, 15) is 22.8 Å². The van der Waals surface area contributed by atoms with E-state index in [1.54, 1.807) is 0 Å². The summed E-state index contributed by atoms with van der Waals surface area (Å²) in [6.45, 7) is 0. The predicted octanol–water partition coefficient (Wildman–Crippen LogP) is 2.12. The molecule has 100 valence electrons. The van der Waals surface area contributed by atoms with E-state index in [-0.39, 0.29) is 16.5 Å². The Labute approximate surface area is 103 Å². The Morgan fingerprint density at radius 3 is 2.47 bits per heavy atom. The number of nitrogens with one attached hydrogen (secondary N) is 1. The molecule has 0 saturated heterocycles. The zero-order chi connectivity index (χ0) is 14.2. The van der Waals surface area contributed by atoms with Crippen molar-refractivity contribution < 1.29 is 27.8 Å². The quantitative estimate of drug-likeness (QED) is 0.878. The maximum absolute atomic E-state index is 12.2. The molecule has 0 aliphatic heterocycles. The van der Waals surface area contributed by atoms with E-state index in [0.717, 1.165) is 24.3 Å². The largest absolute Gasteiger partial charge is 0.573 e. The summed E-state index contributed by atoms with van der Waals surface area (Å²) in [7, 11) is 0. The molecule has 1 aromatic heterocycles. The highest BCUT2D eigenvalue weighted by molar-refractivity contribution is 6.04. The molecule has 1 heterocycles. The zero-order valence-corrected chi connectivity index (χ0v) is 9.12. The third-order valence-corrected chi connectivity index (χ3v) is 2.31. The number of aromatic amines is 1. The number of carboxylic acid groups (broad SMARTS) is 1. The number of alkyl halides is 3. The third kappa shape index (κ3) is 2.67. The number of aromatic carboxylic acids is 1. The lowest BCUT2D eigenvalue weighted by atomic mass is 10.1. The van der Waals surface area contributed by atoms with E-state index in [1.807, 2.05) is 0 Å². The number of H-pyrrole nitrogens is 1. The second kappa shape index (κ2) is 4.30. The maximum Gasteiger partial charge on any atom is 0.573 e. The minimum Gasteiger partial charge on any atom is -0.478 e. The van der Waals surface area contributed by atoms with Crippen LogP contribution in [0.15, 0.2) is 29.1 Å². The first-order valence-electron chi connectivity index (χ1n) is 4.93. The van der Waals surface area contributed by atoms with Crippen molar-refractivity contribution in [3.8, 4) is 5.75 Å². The molecule has 2 rings (SSSR count). The Morgan fingerprint density at radius 2 is 1.89 bits per heavy atom. The first-order valence-corrected chi connectivity index (χ1v) is 4.93. The van der Waals surface area contributed by atoms with Gasteiger partial charge in [0.05, 0.1) is 11.1 Å². The smallest absolute Gasteiger partial charge is 0.478 e. The van der Waals surface area contributed by atoms with Gasteiger partial charge >= 0.3 is 12.3 Å². The average Bonchev–Trinajstić information content (AvgIpc) is 2.27.